The molecule has 2 nitrogen and oxygen atoms in total. The van der Waals surface area contributed by atoms with Gasteiger partial charge in [-0.05, 0) is 56.0 Å². The Morgan fingerprint density at radius 2 is 2.00 bits per heavy atom. The topological polar surface area (TPSA) is 24.1 Å². The summed E-state index contributed by atoms with van der Waals surface area (Å²) in [6.07, 6.45) is 6.03. The van der Waals surface area contributed by atoms with Crippen molar-refractivity contribution < 1.29 is 0 Å². The van der Waals surface area contributed by atoms with Crippen LogP contribution in [0, 0.1) is 0 Å². The summed E-state index contributed by atoms with van der Waals surface area (Å²) in [6, 6.07) is 7.39. The summed E-state index contributed by atoms with van der Waals surface area (Å²) in [6.45, 7) is 6.82. The van der Waals surface area contributed by atoms with Gasteiger partial charge in [0.1, 0.15) is 0 Å². The van der Waals surface area contributed by atoms with Gasteiger partial charge in [-0.2, -0.15) is 0 Å². The molecule has 0 bridgehead atoms. The molecular weight excluding hydrogens is 220 g/mol. The second-order valence-corrected chi connectivity index (χ2v) is 5.22. The van der Waals surface area contributed by atoms with Gasteiger partial charge in [-0.1, -0.05) is 32.4 Å². The van der Waals surface area contributed by atoms with Crippen molar-refractivity contribution in [3.63, 3.8) is 0 Å². The third-order valence-corrected chi connectivity index (χ3v) is 3.84. The lowest BCUT2D eigenvalue weighted by Crippen LogP contribution is -2.35. The minimum absolute atomic E-state index is 0.647. The standard InChI is InChI=1S/C16H26N2/c1-3-6-13-7-5-8-16(15(13)4-2)18-14-9-11-17-12-10-14/h5,7-8,14,17-18H,3-4,6,9-12H2,1-2H3. The van der Waals surface area contributed by atoms with Crippen LogP contribution in [-0.4, -0.2) is 19.1 Å². The van der Waals surface area contributed by atoms with E-state index in [1.54, 1.807) is 0 Å². The number of piperidine rings is 1. The first-order chi connectivity index (χ1) is 8.85. The second-order valence-electron chi connectivity index (χ2n) is 5.22. The Labute approximate surface area is 111 Å². The molecule has 0 amide bonds. The normalized spacial score (nSPS) is 16.8. The molecular formula is C16H26N2. The van der Waals surface area contributed by atoms with E-state index in [0.717, 1.165) is 19.5 Å². The van der Waals surface area contributed by atoms with Crippen LogP contribution in [0.2, 0.25) is 0 Å². The van der Waals surface area contributed by atoms with Crippen LogP contribution in [0.15, 0.2) is 18.2 Å². The van der Waals surface area contributed by atoms with E-state index in [9.17, 15) is 0 Å². The smallest absolute Gasteiger partial charge is 0.0377 e. The van der Waals surface area contributed by atoms with Crippen LogP contribution in [0.25, 0.3) is 0 Å². The first-order valence-electron chi connectivity index (χ1n) is 7.43. The Kier molecular flexibility index (Phi) is 5.06. The molecule has 18 heavy (non-hydrogen) atoms. The van der Waals surface area contributed by atoms with Gasteiger partial charge in [0.15, 0.2) is 0 Å². The van der Waals surface area contributed by atoms with Gasteiger partial charge in [-0.25, -0.2) is 0 Å². The number of hydrogen-bond donors (Lipinski definition) is 2. The number of anilines is 1. The van der Waals surface area contributed by atoms with Gasteiger partial charge in [0.05, 0.1) is 0 Å². The molecule has 0 atom stereocenters. The zero-order valence-corrected chi connectivity index (χ0v) is 11.8. The van der Waals surface area contributed by atoms with E-state index in [4.69, 9.17) is 0 Å². The summed E-state index contributed by atoms with van der Waals surface area (Å²) in [5.41, 5.74) is 4.42. The fraction of sp³-hybridized carbons (Fsp3) is 0.625. The third-order valence-electron chi connectivity index (χ3n) is 3.84. The van der Waals surface area contributed by atoms with E-state index < -0.39 is 0 Å². The highest BCUT2D eigenvalue weighted by atomic mass is 15.0. The molecule has 1 saturated heterocycles. The van der Waals surface area contributed by atoms with Crippen molar-refractivity contribution in [2.24, 2.45) is 0 Å². The minimum Gasteiger partial charge on any atom is -0.382 e. The number of benzene rings is 1. The monoisotopic (exact) mass is 246 g/mol. The third kappa shape index (κ3) is 3.26. The van der Waals surface area contributed by atoms with E-state index >= 15 is 0 Å². The molecule has 0 radical (unpaired) electrons. The zero-order chi connectivity index (χ0) is 12.8. The quantitative estimate of drug-likeness (QED) is 0.832. The van der Waals surface area contributed by atoms with Gasteiger partial charge in [0.25, 0.3) is 0 Å². The van der Waals surface area contributed by atoms with E-state index in [2.05, 4.69) is 42.7 Å². The van der Waals surface area contributed by atoms with E-state index in [-0.39, 0.29) is 0 Å². The molecule has 0 spiro atoms. The average molecular weight is 246 g/mol. The maximum absolute atomic E-state index is 3.76. The summed E-state index contributed by atoms with van der Waals surface area (Å²) in [5.74, 6) is 0. The predicted molar refractivity (Wildman–Crippen MR) is 79.3 cm³/mol. The van der Waals surface area contributed by atoms with Crippen molar-refractivity contribution in [2.45, 2.75) is 52.0 Å². The van der Waals surface area contributed by atoms with Gasteiger partial charge in [-0.3, -0.25) is 0 Å². The van der Waals surface area contributed by atoms with Gasteiger partial charge in [0.2, 0.25) is 0 Å². The SMILES string of the molecule is CCCc1cccc(NC2CCNCC2)c1CC. The average Bonchev–Trinajstić information content (AvgIpc) is 2.41. The number of hydrogen-bond acceptors (Lipinski definition) is 2. The van der Waals surface area contributed by atoms with Crippen molar-refractivity contribution >= 4 is 5.69 Å². The molecule has 2 rings (SSSR count). The molecule has 1 aliphatic heterocycles. The van der Waals surface area contributed by atoms with Gasteiger partial charge < -0.3 is 10.6 Å². The minimum atomic E-state index is 0.647. The van der Waals surface area contributed by atoms with Gasteiger partial charge in [0, 0.05) is 11.7 Å². The van der Waals surface area contributed by atoms with Crippen molar-refractivity contribution in [1.82, 2.24) is 5.32 Å². The highest BCUT2D eigenvalue weighted by Crippen LogP contribution is 2.24. The Balaban J connectivity index is 2.12. The Bertz CT molecular complexity index is 367. The molecule has 0 aliphatic carbocycles. The molecule has 0 aromatic heterocycles. The summed E-state index contributed by atoms with van der Waals surface area (Å²) >= 11 is 0. The molecule has 0 unspecified atom stereocenters. The maximum Gasteiger partial charge on any atom is 0.0377 e. The van der Waals surface area contributed by atoms with Gasteiger partial charge in [-0.15, -0.1) is 0 Å². The lowest BCUT2D eigenvalue weighted by atomic mass is 9.98. The van der Waals surface area contributed by atoms with E-state index in [1.807, 2.05) is 0 Å². The molecule has 1 aliphatic rings. The molecule has 1 aromatic rings. The Hall–Kier alpha value is -1.02. The fourth-order valence-corrected chi connectivity index (χ4v) is 2.88. The summed E-state index contributed by atoms with van der Waals surface area (Å²) in [5, 5.41) is 7.18. The van der Waals surface area contributed by atoms with Crippen molar-refractivity contribution in [1.29, 1.82) is 0 Å². The van der Waals surface area contributed by atoms with Crippen LogP contribution < -0.4 is 10.6 Å². The highest BCUT2D eigenvalue weighted by molar-refractivity contribution is 5.55. The zero-order valence-electron chi connectivity index (χ0n) is 11.8. The van der Waals surface area contributed by atoms with Gasteiger partial charge >= 0.3 is 0 Å². The lowest BCUT2D eigenvalue weighted by Gasteiger charge is -2.26. The summed E-state index contributed by atoms with van der Waals surface area (Å²) in [7, 11) is 0. The molecule has 2 heteroatoms. The Morgan fingerprint density at radius 3 is 2.67 bits per heavy atom. The van der Waals surface area contributed by atoms with Crippen LogP contribution in [0.3, 0.4) is 0 Å². The summed E-state index contributed by atoms with van der Waals surface area (Å²) < 4.78 is 0. The van der Waals surface area contributed by atoms with Crippen molar-refractivity contribution in [3.05, 3.63) is 29.3 Å². The Morgan fingerprint density at radius 1 is 1.22 bits per heavy atom. The van der Waals surface area contributed by atoms with Crippen LogP contribution in [0.4, 0.5) is 5.69 Å². The fourth-order valence-electron chi connectivity index (χ4n) is 2.88. The molecule has 2 N–H and O–H groups in total. The molecule has 100 valence electrons. The molecule has 0 saturated carbocycles. The largest absolute Gasteiger partial charge is 0.382 e. The van der Waals surface area contributed by atoms with E-state index in [1.165, 1.54) is 42.5 Å². The molecule has 1 heterocycles. The number of aryl methyl sites for hydroxylation is 1. The van der Waals surface area contributed by atoms with Crippen LogP contribution in [0.1, 0.15) is 44.2 Å². The highest BCUT2D eigenvalue weighted by Gasteiger charge is 2.14. The first kappa shape index (κ1) is 13.4. The van der Waals surface area contributed by atoms with Crippen LogP contribution >= 0.6 is 0 Å². The van der Waals surface area contributed by atoms with Crippen molar-refractivity contribution in [3.8, 4) is 0 Å². The number of nitrogens with one attached hydrogen (secondary N) is 2. The van der Waals surface area contributed by atoms with Crippen LogP contribution in [-0.2, 0) is 12.8 Å². The second kappa shape index (κ2) is 6.79. The van der Waals surface area contributed by atoms with Crippen LogP contribution in [0.5, 0.6) is 0 Å². The molecule has 1 fully saturated rings. The lowest BCUT2D eigenvalue weighted by molar-refractivity contribution is 0.479. The summed E-state index contributed by atoms with van der Waals surface area (Å²) in [4.78, 5) is 0. The molecule has 1 aromatic carbocycles. The number of rotatable bonds is 5. The van der Waals surface area contributed by atoms with E-state index in [0.29, 0.717) is 6.04 Å². The first-order valence-corrected chi connectivity index (χ1v) is 7.43. The van der Waals surface area contributed by atoms with Crippen molar-refractivity contribution in [2.75, 3.05) is 18.4 Å². The predicted octanol–water partition coefficient (Wildman–Crippen LogP) is 3.37. The maximum atomic E-state index is 3.76.